The Morgan fingerprint density at radius 2 is 2.06 bits per heavy atom. The van der Waals surface area contributed by atoms with Crippen LogP contribution < -0.4 is 10.6 Å². The fourth-order valence-corrected chi connectivity index (χ4v) is 4.41. The normalized spacial score (nSPS) is 12.8. The SMILES string of the molecule is CN=C(NCc1ccc(-n2ccnc2C)c(F)c1)NCC(O)c1cc2ccccc2s1. The zero-order valence-corrected chi connectivity index (χ0v) is 18.2. The molecule has 0 bridgehead atoms. The number of guanidine groups is 1. The number of imidazole rings is 1. The Morgan fingerprint density at radius 3 is 2.77 bits per heavy atom. The Balaban J connectivity index is 1.34. The Morgan fingerprint density at radius 1 is 1.23 bits per heavy atom. The van der Waals surface area contributed by atoms with Crippen molar-refractivity contribution in [2.75, 3.05) is 13.6 Å². The summed E-state index contributed by atoms with van der Waals surface area (Å²) in [6.45, 7) is 2.55. The van der Waals surface area contributed by atoms with Crippen LogP contribution in [0.15, 0.2) is 65.9 Å². The van der Waals surface area contributed by atoms with Gasteiger partial charge in [0.2, 0.25) is 0 Å². The summed E-state index contributed by atoms with van der Waals surface area (Å²) in [6.07, 6.45) is 2.73. The molecule has 0 aliphatic heterocycles. The Hall–Kier alpha value is -3.23. The first-order valence-corrected chi connectivity index (χ1v) is 10.8. The Kier molecular flexibility index (Phi) is 6.29. The fourth-order valence-electron chi connectivity index (χ4n) is 3.36. The van der Waals surface area contributed by atoms with E-state index in [9.17, 15) is 9.50 Å². The van der Waals surface area contributed by atoms with Crippen LogP contribution in [-0.2, 0) is 6.54 Å². The zero-order valence-electron chi connectivity index (χ0n) is 17.3. The number of thiophene rings is 1. The molecule has 0 aliphatic carbocycles. The first-order chi connectivity index (χ1) is 15.0. The molecular formula is C23H24FN5OS. The minimum atomic E-state index is -0.647. The van der Waals surface area contributed by atoms with E-state index in [-0.39, 0.29) is 5.82 Å². The number of aliphatic hydroxyl groups is 1. The molecule has 1 atom stereocenters. The maximum atomic E-state index is 14.6. The molecule has 0 amide bonds. The quantitative estimate of drug-likeness (QED) is 0.316. The van der Waals surface area contributed by atoms with Gasteiger partial charge in [-0.3, -0.25) is 4.99 Å². The van der Waals surface area contributed by atoms with Crippen LogP contribution in [-0.4, -0.2) is 34.2 Å². The topological polar surface area (TPSA) is 74.5 Å². The number of aliphatic hydroxyl groups excluding tert-OH is 1. The highest BCUT2D eigenvalue weighted by molar-refractivity contribution is 7.19. The van der Waals surface area contributed by atoms with Crippen LogP contribution in [0.25, 0.3) is 15.8 Å². The van der Waals surface area contributed by atoms with E-state index < -0.39 is 6.10 Å². The number of rotatable bonds is 6. The summed E-state index contributed by atoms with van der Waals surface area (Å²) in [5.41, 5.74) is 1.25. The molecule has 0 spiro atoms. The average Bonchev–Trinajstić information content (AvgIpc) is 3.40. The van der Waals surface area contributed by atoms with Crippen molar-refractivity contribution in [1.82, 2.24) is 20.2 Å². The maximum Gasteiger partial charge on any atom is 0.191 e. The van der Waals surface area contributed by atoms with E-state index in [1.807, 2.05) is 43.3 Å². The predicted octanol–water partition coefficient (Wildman–Crippen LogP) is 3.93. The van der Waals surface area contributed by atoms with Crippen LogP contribution in [0.3, 0.4) is 0 Å². The number of nitrogens with zero attached hydrogens (tertiary/aromatic N) is 3. The molecule has 0 aliphatic rings. The van der Waals surface area contributed by atoms with Crippen LogP contribution >= 0.6 is 11.3 Å². The third-order valence-corrected chi connectivity index (χ3v) is 6.23. The molecule has 0 saturated carbocycles. The standard InChI is InChI=1S/C23H24FN5OS/c1-15-26-9-10-29(15)19-8-7-16(11-18(19)24)13-27-23(25-2)28-14-20(30)22-12-17-5-3-4-6-21(17)31-22/h3-12,20,30H,13-14H2,1-2H3,(H2,25,27,28). The first-order valence-electron chi connectivity index (χ1n) is 9.95. The lowest BCUT2D eigenvalue weighted by Gasteiger charge is -2.15. The number of aromatic nitrogens is 2. The summed E-state index contributed by atoms with van der Waals surface area (Å²) in [5.74, 6) is 0.949. The first kappa shape index (κ1) is 21.0. The largest absolute Gasteiger partial charge is 0.386 e. The molecule has 3 N–H and O–H groups in total. The van der Waals surface area contributed by atoms with Crippen LogP contribution in [0.1, 0.15) is 22.4 Å². The lowest BCUT2D eigenvalue weighted by atomic mass is 10.2. The lowest BCUT2D eigenvalue weighted by Crippen LogP contribution is -2.38. The van der Waals surface area contributed by atoms with Crippen molar-refractivity contribution in [2.45, 2.75) is 19.6 Å². The molecule has 31 heavy (non-hydrogen) atoms. The molecule has 1 unspecified atom stereocenters. The van der Waals surface area contributed by atoms with E-state index in [2.05, 4.69) is 20.6 Å². The molecular weight excluding hydrogens is 413 g/mol. The van der Waals surface area contributed by atoms with Crippen molar-refractivity contribution in [2.24, 2.45) is 4.99 Å². The van der Waals surface area contributed by atoms with E-state index in [0.717, 1.165) is 26.4 Å². The second kappa shape index (κ2) is 9.28. The summed E-state index contributed by atoms with van der Waals surface area (Å²) in [5, 5.41) is 17.9. The molecule has 2 aromatic carbocycles. The highest BCUT2D eigenvalue weighted by atomic mass is 32.1. The number of hydrogen-bond acceptors (Lipinski definition) is 4. The molecule has 6 nitrogen and oxygen atoms in total. The van der Waals surface area contributed by atoms with Gasteiger partial charge in [-0.2, -0.15) is 0 Å². The highest BCUT2D eigenvalue weighted by Gasteiger charge is 2.13. The number of aryl methyl sites for hydroxylation is 1. The van der Waals surface area contributed by atoms with Crippen molar-refractivity contribution >= 4 is 27.4 Å². The second-order valence-corrected chi connectivity index (χ2v) is 8.25. The number of aliphatic imine (C=N–C) groups is 1. The fraction of sp³-hybridized carbons (Fsp3) is 0.217. The van der Waals surface area contributed by atoms with Crippen LogP contribution in [0.2, 0.25) is 0 Å². The molecule has 160 valence electrons. The predicted molar refractivity (Wildman–Crippen MR) is 123 cm³/mol. The Bertz CT molecular complexity index is 1180. The van der Waals surface area contributed by atoms with E-state index in [1.165, 1.54) is 6.07 Å². The van der Waals surface area contributed by atoms with Crippen molar-refractivity contribution in [3.8, 4) is 5.69 Å². The highest BCUT2D eigenvalue weighted by Crippen LogP contribution is 2.29. The van der Waals surface area contributed by atoms with Gasteiger partial charge in [-0.1, -0.05) is 24.3 Å². The van der Waals surface area contributed by atoms with Crippen molar-refractivity contribution < 1.29 is 9.50 Å². The molecule has 0 fully saturated rings. The maximum absolute atomic E-state index is 14.6. The van der Waals surface area contributed by atoms with Crippen molar-refractivity contribution in [1.29, 1.82) is 0 Å². The van der Waals surface area contributed by atoms with Gasteiger partial charge < -0.3 is 20.3 Å². The van der Waals surface area contributed by atoms with Gasteiger partial charge in [-0.05, 0) is 42.1 Å². The van der Waals surface area contributed by atoms with Crippen molar-refractivity contribution in [3.05, 3.63) is 83.0 Å². The monoisotopic (exact) mass is 437 g/mol. The van der Waals surface area contributed by atoms with Gasteiger partial charge in [0.15, 0.2) is 5.96 Å². The molecule has 4 rings (SSSR count). The van der Waals surface area contributed by atoms with E-state index >= 15 is 0 Å². The van der Waals surface area contributed by atoms with E-state index in [1.54, 1.807) is 41.4 Å². The molecule has 2 aromatic heterocycles. The smallest absolute Gasteiger partial charge is 0.191 e. The molecule has 2 heterocycles. The molecule has 0 saturated heterocycles. The summed E-state index contributed by atoms with van der Waals surface area (Å²) >= 11 is 1.58. The van der Waals surface area contributed by atoms with Gasteiger partial charge in [0.05, 0.1) is 5.69 Å². The lowest BCUT2D eigenvalue weighted by molar-refractivity contribution is 0.184. The number of benzene rings is 2. The van der Waals surface area contributed by atoms with E-state index in [0.29, 0.717) is 24.7 Å². The number of nitrogens with one attached hydrogen (secondary N) is 2. The Labute approximate surface area is 184 Å². The minimum Gasteiger partial charge on any atom is -0.386 e. The summed E-state index contributed by atoms with van der Waals surface area (Å²) < 4.78 is 17.4. The van der Waals surface area contributed by atoms with Gasteiger partial charge >= 0.3 is 0 Å². The number of fused-ring (bicyclic) bond motifs is 1. The van der Waals surface area contributed by atoms with Gasteiger partial charge in [0.1, 0.15) is 17.7 Å². The number of halogens is 1. The second-order valence-electron chi connectivity index (χ2n) is 7.14. The summed E-state index contributed by atoms with van der Waals surface area (Å²) in [4.78, 5) is 9.22. The summed E-state index contributed by atoms with van der Waals surface area (Å²) in [6, 6.07) is 15.2. The summed E-state index contributed by atoms with van der Waals surface area (Å²) in [7, 11) is 1.66. The van der Waals surface area contributed by atoms with Gasteiger partial charge in [0.25, 0.3) is 0 Å². The molecule has 8 heteroatoms. The van der Waals surface area contributed by atoms with Crippen LogP contribution in [0.4, 0.5) is 4.39 Å². The zero-order chi connectivity index (χ0) is 21.8. The van der Waals surface area contributed by atoms with E-state index in [4.69, 9.17) is 0 Å². The van der Waals surface area contributed by atoms with Crippen LogP contribution in [0.5, 0.6) is 0 Å². The number of hydrogen-bond donors (Lipinski definition) is 3. The van der Waals surface area contributed by atoms with Gasteiger partial charge in [-0.15, -0.1) is 11.3 Å². The minimum absolute atomic E-state index is 0.316. The third kappa shape index (κ3) is 4.76. The van der Waals surface area contributed by atoms with Crippen molar-refractivity contribution in [3.63, 3.8) is 0 Å². The third-order valence-electron chi connectivity index (χ3n) is 5.02. The molecule has 4 aromatic rings. The van der Waals surface area contributed by atoms with Gasteiger partial charge in [0, 0.05) is 42.1 Å². The molecule has 0 radical (unpaired) electrons. The van der Waals surface area contributed by atoms with Crippen LogP contribution in [0, 0.1) is 12.7 Å². The van der Waals surface area contributed by atoms with Gasteiger partial charge in [-0.25, -0.2) is 9.37 Å². The average molecular weight is 438 g/mol.